The van der Waals surface area contributed by atoms with E-state index in [0.29, 0.717) is 42.8 Å². The molecule has 1 unspecified atom stereocenters. The number of nitrogens with zero attached hydrogens (tertiary/aromatic N) is 2. The molecule has 1 aliphatic rings. The molecular formula is C16H22N4O2. The predicted molar refractivity (Wildman–Crippen MR) is 83.3 cm³/mol. The van der Waals surface area contributed by atoms with E-state index in [9.17, 15) is 4.79 Å². The Hall–Kier alpha value is -2.13. The van der Waals surface area contributed by atoms with E-state index in [1.54, 1.807) is 26.1 Å². The van der Waals surface area contributed by atoms with Gasteiger partial charge < -0.3 is 15.4 Å². The van der Waals surface area contributed by atoms with Crippen LogP contribution in [0.4, 0.5) is 5.82 Å². The number of aryl methyl sites for hydroxylation is 1. The fraction of sp³-hybridized carbons (Fsp3) is 0.562. The first-order valence-corrected chi connectivity index (χ1v) is 7.56. The van der Waals surface area contributed by atoms with Crippen molar-refractivity contribution in [2.24, 2.45) is 11.8 Å². The van der Waals surface area contributed by atoms with Crippen molar-refractivity contribution in [3.05, 3.63) is 23.4 Å². The van der Waals surface area contributed by atoms with Gasteiger partial charge in [0.25, 0.3) is 0 Å². The van der Waals surface area contributed by atoms with Crippen molar-refractivity contribution in [1.29, 1.82) is 5.26 Å². The first-order valence-electron chi connectivity index (χ1n) is 7.56. The molecule has 2 rings (SSSR count). The van der Waals surface area contributed by atoms with Gasteiger partial charge in [-0.05, 0) is 37.8 Å². The van der Waals surface area contributed by atoms with E-state index in [1.165, 1.54) is 0 Å². The van der Waals surface area contributed by atoms with Gasteiger partial charge in [0, 0.05) is 26.8 Å². The zero-order valence-corrected chi connectivity index (χ0v) is 13.1. The Morgan fingerprint density at radius 2 is 2.23 bits per heavy atom. The molecule has 118 valence electrons. The molecule has 0 bridgehead atoms. The predicted octanol–water partition coefficient (Wildman–Crippen LogP) is 1.46. The van der Waals surface area contributed by atoms with Crippen LogP contribution >= 0.6 is 0 Å². The van der Waals surface area contributed by atoms with Gasteiger partial charge in [0.2, 0.25) is 5.91 Å². The van der Waals surface area contributed by atoms with Crippen LogP contribution in [0, 0.1) is 30.1 Å². The smallest absolute Gasteiger partial charge is 0.224 e. The lowest BCUT2D eigenvalue weighted by Crippen LogP contribution is -2.39. The molecule has 1 fully saturated rings. The molecule has 1 atom stereocenters. The van der Waals surface area contributed by atoms with E-state index in [2.05, 4.69) is 21.7 Å². The van der Waals surface area contributed by atoms with E-state index < -0.39 is 0 Å². The zero-order chi connectivity index (χ0) is 15.9. The highest BCUT2D eigenvalue weighted by Gasteiger charge is 2.29. The van der Waals surface area contributed by atoms with Crippen molar-refractivity contribution in [1.82, 2.24) is 10.3 Å². The van der Waals surface area contributed by atoms with Crippen LogP contribution in [0.2, 0.25) is 0 Å². The van der Waals surface area contributed by atoms with E-state index in [-0.39, 0.29) is 11.8 Å². The van der Waals surface area contributed by atoms with Gasteiger partial charge in [0.15, 0.2) is 0 Å². The number of carbonyl (C=O) groups excluding carboxylic acids is 1. The Labute approximate surface area is 130 Å². The summed E-state index contributed by atoms with van der Waals surface area (Å²) in [5.41, 5.74) is 1.26. The molecule has 2 N–H and O–H groups in total. The molecule has 1 aliphatic heterocycles. The van der Waals surface area contributed by atoms with Gasteiger partial charge in [0.05, 0.1) is 17.2 Å². The first-order chi connectivity index (χ1) is 10.7. The quantitative estimate of drug-likeness (QED) is 0.860. The van der Waals surface area contributed by atoms with Crippen molar-refractivity contribution in [2.75, 3.05) is 32.1 Å². The van der Waals surface area contributed by atoms with Crippen molar-refractivity contribution >= 4 is 11.7 Å². The van der Waals surface area contributed by atoms with Crippen LogP contribution in [0.1, 0.15) is 24.1 Å². The minimum atomic E-state index is -0.105. The number of pyridine rings is 1. The van der Waals surface area contributed by atoms with Crippen molar-refractivity contribution in [3.63, 3.8) is 0 Å². The number of hydrogen-bond donors (Lipinski definition) is 2. The standard InChI is InChI=1S/C16H22N4O2/c1-11-13(9-17)3-4-15(20-11)19-10-14(16(21)18-2)12-5-7-22-8-6-12/h3-4,12,14H,5-8,10H2,1-2H3,(H,18,21)(H,19,20). The summed E-state index contributed by atoms with van der Waals surface area (Å²) < 4.78 is 5.37. The fourth-order valence-electron chi connectivity index (χ4n) is 2.77. The van der Waals surface area contributed by atoms with E-state index >= 15 is 0 Å². The molecule has 2 heterocycles. The summed E-state index contributed by atoms with van der Waals surface area (Å²) in [5, 5.41) is 14.9. The van der Waals surface area contributed by atoms with Gasteiger partial charge in [0.1, 0.15) is 11.9 Å². The molecule has 0 saturated carbocycles. The van der Waals surface area contributed by atoms with Gasteiger partial charge in [-0.1, -0.05) is 0 Å². The van der Waals surface area contributed by atoms with Crippen LogP contribution in [0.25, 0.3) is 0 Å². The Balaban J connectivity index is 2.03. The average molecular weight is 302 g/mol. The molecule has 1 aromatic rings. The first kappa shape index (κ1) is 16.2. The van der Waals surface area contributed by atoms with Crippen LogP contribution in [0.3, 0.4) is 0 Å². The molecule has 1 aromatic heterocycles. The van der Waals surface area contributed by atoms with Crippen molar-refractivity contribution in [3.8, 4) is 6.07 Å². The van der Waals surface area contributed by atoms with Crippen molar-refractivity contribution < 1.29 is 9.53 Å². The number of aromatic nitrogens is 1. The van der Waals surface area contributed by atoms with Gasteiger partial charge >= 0.3 is 0 Å². The van der Waals surface area contributed by atoms with E-state index in [1.807, 2.05) is 0 Å². The molecule has 0 aromatic carbocycles. The second-order valence-corrected chi connectivity index (χ2v) is 5.49. The Kier molecular flexibility index (Phi) is 5.73. The maximum atomic E-state index is 12.1. The number of carbonyl (C=O) groups is 1. The molecule has 0 spiro atoms. The van der Waals surface area contributed by atoms with Crippen LogP contribution in [-0.4, -0.2) is 37.7 Å². The number of hydrogen-bond acceptors (Lipinski definition) is 5. The lowest BCUT2D eigenvalue weighted by atomic mass is 9.85. The van der Waals surface area contributed by atoms with E-state index in [4.69, 9.17) is 10.00 Å². The van der Waals surface area contributed by atoms with Gasteiger partial charge in [-0.15, -0.1) is 0 Å². The second kappa shape index (κ2) is 7.76. The largest absolute Gasteiger partial charge is 0.381 e. The fourth-order valence-corrected chi connectivity index (χ4v) is 2.77. The molecule has 0 aliphatic carbocycles. The highest BCUT2D eigenvalue weighted by Crippen LogP contribution is 2.24. The lowest BCUT2D eigenvalue weighted by Gasteiger charge is -2.29. The molecule has 22 heavy (non-hydrogen) atoms. The Morgan fingerprint density at radius 3 is 2.82 bits per heavy atom. The van der Waals surface area contributed by atoms with Crippen LogP contribution in [0.15, 0.2) is 12.1 Å². The summed E-state index contributed by atoms with van der Waals surface area (Å²) in [6.07, 6.45) is 1.80. The summed E-state index contributed by atoms with van der Waals surface area (Å²) in [6, 6.07) is 5.62. The van der Waals surface area contributed by atoms with Crippen LogP contribution in [-0.2, 0) is 9.53 Å². The molecule has 6 heteroatoms. The summed E-state index contributed by atoms with van der Waals surface area (Å²) >= 11 is 0. The highest BCUT2D eigenvalue weighted by atomic mass is 16.5. The van der Waals surface area contributed by atoms with E-state index in [0.717, 1.165) is 12.8 Å². The summed E-state index contributed by atoms with van der Waals surface area (Å²) in [7, 11) is 1.67. The molecule has 0 radical (unpaired) electrons. The summed E-state index contributed by atoms with van der Waals surface area (Å²) in [5.74, 6) is 0.953. The van der Waals surface area contributed by atoms with Gasteiger partial charge in [-0.3, -0.25) is 4.79 Å². The lowest BCUT2D eigenvalue weighted by molar-refractivity contribution is -0.126. The van der Waals surface area contributed by atoms with Crippen molar-refractivity contribution in [2.45, 2.75) is 19.8 Å². The number of anilines is 1. The molecular weight excluding hydrogens is 280 g/mol. The maximum Gasteiger partial charge on any atom is 0.224 e. The number of ether oxygens (including phenoxy) is 1. The second-order valence-electron chi connectivity index (χ2n) is 5.49. The zero-order valence-electron chi connectivity index (χ0n) is 13.1. The SMILES string of the molecule is CNC(=O)C(CNc1ccc(C#N)c(C)n1)C1CCOCC1. The minimum Gasteiger partial charge on any atom is -0.381 e. The third-order valence-corrected chi connectivity index (χ3v) is 4.13. The van der Waals surface area contributed by atoms with Gasteiger partial charge in [-0.2, -0.15) is 5.26 Å². The monoisotopic (exact) mass is 302 g/mol. The number of nitrogens with one attached hydrogen (secondary N) is 2. The normalized spacial score (nSPS) is 16.6. The number of nitriles is 1. The molecule has 1 saturated heterocycles. The summed E-state index contributed by atoms with van der Waals surface area (Å²) in [6.45, 7) is 3.76. The third kappa shape index (κ3) is 3.95. The number of rotatable bonds is 5. The summed E-state index contributed by atoms with van der Waals surface area (Å²) in [4.78, 5) is 16.5. The average Bonchev–Trinajstić information content (AvgIpc) is 2.56. The Morgan fingerprint density at radius 1 is 1.50 bits per heavy atom. The van der Waals surface area contributed by atoms with Crippen LogP contribution < -0.4 is 10.6 Å². The molecule has 1 amide bonds. The topological polar surface area (TPSA) is 87.0 Å². The van der Waals surface area contributed by atoms with Crippen LogP contribution in [0.5, 0.6) is 0 Å². The number of amides is 1. The third-order valence-electron chi connectivity index (χ3n) is 4.13. The maximum absolute atomic E-state index is 12.1. The highest BCUT2D eigenvalue weighted by molar-refractivity contribution is 5.79. The molecule has 6 nitrogen and oxygen atoms in total. The van der Waals surface area contributed by atoms with Gasteiger partial charge in [-0.25, -0.2) is 4.98 Å². The minimum absolute atomic E-state index is 0.0461. The Bertz CT molecular complexity index is 562.